The summed E-state index contributed by atoms with van der Waals surface area (Å²) in [5.41, 5.74) is 19.2. The highest BCUT2D eigenvalue weighted by molar-refractivity contribution is 5.93. The minimum atomic E-state index is -1.02. The molecule has 0 aromatic heterocycles. The molecule has 0 aliphatic rings. The van der Waals surface area contributed by atoms with Gasteiger partial charge in [0, 0.05) is 24.4 Å². The lowest BCUT2D eigenvalue weighted by molar-refractivity contribution is -0.870. The molecule has 232 valence electrons. The van der Waals surface area contributed by atoms with Crippen LogP contribution in [0.15, 0.2) is 10.1 Å². The number of aliphatic imine (C=N–C) groups is 1. The van der Waals surface area contributed by atoms with Crippen molar-refractivity contribution in [3.05, 3.63) is 10.4 Å². The van der Waals surface area contributed by atoms with Gasteiger partial charge in [-0.15, -0.1) is 0 Å². The number of carbonyl (C=O) groups is 5. The zero-order valence-electron chi connectivity index (χ0n) is 24.6. The van der Waals surface area contributed by atoms with Gasteiger partial charge >= 0.3 is 0 Å². The number of unbranched alkanes of at least 4 members (excludes halogenated alkanes) is 4. The second kappa shape index (κ2) is 21.9. The van der Waals surface area contributed by atoms with Gasteiger partial charge < -0.3 is 42.0 Å². The fourth-order valence-electron chi connectivity index (χ4n) is 3.69. The maximum absolute atomic E-state index is 13.2. The van der Waals surface area contributed by atoms with E-state index in [-0.39, 0.29) is 31.4 Å². The summed E-state index contributed by atoms with van der Waals surface area (Å²) in [4.78, 5) is 67.3. The standard InChI is InChI=1S/C25H47N11O5/c1-36(2,3)15-8-6-11-20(33-22(39)18-32-35-28)24(41)34-19(12-10-14-30-25(26)27)23(40)31-17-21(38)29-13-7-4-5-9-16-37/h16,19-20H,4-15,17-18H2,1-3H3,(H7-,26,27,29,30,31,33,34,38,39,40,41)/p+1/t19-,20-/m0/s1. The van der Waals surface area contributed by atoms with E-state index in [0.717, 1.165) is 36.6 Å². The number of hydrogen-bond donors (Lipinski definition) is 6. The van der Waals surface area contributed by atoms with Crippen LogP contribution in [0.2, 0.25) is 0 Å². The molecule has 0 aliphatic carbocycles. The average Bonchev–Trinajstić information content (AvgIpc) is 2.90. The van der Waals surface area contributed by atoms with Crippen molar-refractivity contribution in [3.8, 4) is 0 Å². The Morgan fingerprint density at radius 2 is 1.56 bits per heavy atom. The van der Waals surface area contributed by atoms with Crippen LogP contribution in [0, 0.1) is 0 Å². The van der Waals surface area contributed by atoms with Gasteiger partial charge in [0.25, 0.3) is 0 Å². The lowest BCUT2D eigenvalue weighted by Crippen LogP contribution is -2.54. The van der Waals surface area contributed by atoms with E-state index in [0.29, 0.717) is 38.6 Å². The van der Waals surface area contributed by atoms with Gasteiger partial charge in [0.2, 0.25) is 23.6 Å². The van der Waals surface area contributed by atoms with E-state index in [1.165, 1.54) is 0 Å². The first-order chi connectivity index (χ1) is 19.4. The lowest BCUT2D eigenvalue weighted by atomic mass is 10.1. The number of azide groups is 1. The zero-order valence-corrected chi connectivity index (χ0v) is 24.6. The van der Waals surface area contributed by atoms with Gasteiger partial charge in [0.1, 0.15) is 24.9 Å². The van der Waals surface area contributed by atoms with Crippen molar-refractivity contribution < 1.29 is 28.5 Å². The third kappa shape index (κ3) is 21.6. The summed E-state index contributed by atoms with van der Waals surface area (Å²) < 4.78 is 0.742. The molecule has 41 heavy (non-hydrogen) atoms. The Hall–Kier alpha value is -3.91. The van der Waals surface area contributed by atoms with Crippen LogP contribution in [0.5, 0.6) is 0 Å². The summed E-state index contributed by atoms with van der Waals surface area (Å²) >= 11 is 0. The van der Waals surface area contributed by atoms with Gasteiger partial charge in [-0.2, -0.15) is 0 Å². The quantitative estimate of drug-likeness (QED) is 0.0130. The summed E-state index contributed by atoms with van der Waals surface area (Å²) in [5.74, 6) is -2.26. The summed E-state index contributed by atoms with van der Waals surface area (Å²) in [5, 5.41) is 13.7. The molecule has 0 radical (unpaired) electrons. The molecule has 0 rings (SSSR count). The highest BCUT2D eigenvalue weighted by atomic mass is 16.2. The minimum Gasteiger partial charge on any atom is -0.370 e. The minimum absolute atomic E-state index is 0.102. The number of nitrogens with two attached hydrogens (primary N) is 2. The third-order valence-corrected chi connectivity index (χ3v) is 5.82. The maximum atomic E-state index is 13.2. The van der Waals surface area contributed by atoms with Gasteiger partial charge in [-0.25, -0.2) is 0 Å². The van der Waals surface area contributed by atoms with Crippen LogP contribution < -0.4 is 32.7 Å². The number of nitrogens with zero attached hydrogens (tertiary/aromatic N) is 5. The van der Waals surface area contributed by atoms with E-state index in [2.05, 4.69) is 36.3 Å². The maximum Gasteiger partial charge on any atom is 0.243 e. The van der Waals surface area contributed by atoms with Gasteiger partial charge in [-0.3, -0.25) is 24.2 Å². The first-order valence-electron chi connectivity index (χ1n) is 13.8. The van der Waals surface area contributed by atoms with Gasteiger partial charge in [-0.1, -0.05) is 11.5 Å². The van der Waals surface area contributed by atoms with Gasteiger partial charge in [-0.05, 0) is 50.5 Å². The molecule has 16 heteroatoms. The molecule has 0 spiro atoms. The highest BCUT2D eigenvalue weighted by Crippen LogP contribution is 2.07. The van der Waals surface area contributed by atoms with E-state index in [9.17, 15) is 24.0 Å². The molecule has 0 saturated carbocycles. The van der Waals surface area contributed by atoms with Crippen molar-refractivity contribution in [2.45, 2.75) is 69.9 Å². The fraction of sp³-hybridized carbons (Fsp3) is 0.760. The smallest absolute Gasteiger partial charge is 0.243 e. The molecular formula is C25H48N11O5+. The fourth-order valence-corrected chi connectivity index (χ4v) is 3.69. The Morgan fingerprint density at radius 3 is 2.20 bits per heavy atom. The first-order valence-corrected chi connectivity index (χ1v) is 13.8. The molecule has 2 atom stereocenters. The largest absolute Gasteiger partial charge is 0.370 e. The molecule has 0 bridgehead atoms. The molecule has 16 nitrogen and oxygen atoms in total. The third-order valence-electron chi connectivity index (χ3n) is 5.82. The molecule has 0 heterocycles. The Labute approximate surface area is 241 Å². The first kappa shape index (κ1) is 37.1. The molecule has 0 aromatic rings. The Balaban J connectivity index is 5.27. The number of amides is 4. The van der Waals surface area contributed by atoms with E-state index in [1.54, 1.807) is 0 Å². The second-order valence-corrected chi connectivity index (χ2v) is 10.6. The van der Waals surface area contributed by atoms with Crippen LogP contribution in [-0.4, -0.2) is 106 Å². The SMILES string of the molecule is C[N+](C)(C)CCCC[C@H](NC(=O)CN=[N+]=[N-])C(=O)N[C@@H](CCCN=C(N)N)C(=O)NCC(=O)NCCCCCC=O. The summed E-state index contributed by atoms with van der Waals surface area (Å²) in [6.07, 6.45) is 5.87. The predicted molar refractivity (Wildman–Crippen MR) is 155 cm³/mol. The zero-order chi connectivity index (χ0) is 31.1. The molecule has 4 amide bonds. The number of guanidine groups is 1. The molecule has 0 saturated heterocycles. The number of quaternary nitrogens is 1. The van der Waals surface area contributed by atoms with E-state index in [4.69, 9.17) is 17.0 Å². The number of carbonyl (C=O) groups excluding carboxylic acids is 5. The molecule has 0 aliphatic heterocycles. The van der Waals surface area contributed by atoms with E-state index in [1.807, 2.05) is 21.1 Å². The van der Waals surface area contributed by atoms with Crippen LogP contribution in [0.4, 0.5) is 0 Å². The molecule has 0 aromatic carbocycles. The topological polar surface area (TPSA) is 247 Å². The number of aldehydes is 1. The summed E-state index contributed by atoms with van der Waals surface area (Å²) in [6, 6.07) is -1.98. The van der Waals surface area contributed by atoms with Crippen LogP contribution in [0.25, 0.3) is 10.4 Å². The Morgan fingerprint density at radius 1 is 0.878 bits per heavy atom. The normalized spacial score (nSPS) is 12.2. The summed E-state index contributed by atoms with van der Waals surface area (Å²) in [6.45, 7) is 0.748. The monoisotopic (exact) mass is 582 g/mol. The van der Waals surface area contributed by atoms with Gasteiger partial charge in [0.15, 0.2) is 5.96 Å². The van der Waals surface area contributed by atoms with Crippen molar-refractivity contribution >= 4 is 35.9 Å². The predicted octanol–water partition coefficient (Wildman–Crippen LogP) is -0.812. The lowest BCUT2D eigenvalue weighted by Gasteiger charge is -2.25. The number of hydrogen-bond acceptors (Lipinski definition) is 7. The Kier molecular flexibility index (Phi) is 19.8. The molecule has 0 fully saturated rings. The Bertz CT molecular complexity index is 910. The van der Waals surface area contributed by atoms with Crippen LogP contribution >= 0.6 is 0 Å². The van der Waals surface area contributed by atoms with Crippen molar-refractivity contribution in [1.29, 1.82) is 0 Å². The van der Waals surface area contributed by atoms with Crippen LogP contribution in [-0.2, 0) is 24.0 Å². The number of rotatable bonds is 23. The van der Waals surface area contributed by atoms with Crippen molar-refractivity contribution in [2.75, 3.05) is 53.9 Å². The molecular weight excluding hydrogens is 534 g/mol. The number of nitrogens with one attached hydrogen (secondary N) is 4. The van der Waals surface area contributed by atoms with Crippen molar-refractivity contribution in [2.24, 2.45) is 21.6 Å². The van der Waals surface area contributed by atoms with Crippen LogP contribution in [0.1, 0.15) is 57.8 Å². The van der Waals surface area contributed by atoms with E-state index < -0.39 is 36.3 Å². The van der Waals surface area contributed by atoms with Crippen molar-refractivity contribution in [1.82, 2.24) is 21.3 Å². The highest BCUT2D eigenvalue weighted by Gasteiger charge is 2.27. The second-order valence-electron chi connectivity index (χ2n) is 10.6. The summed E-state index contributed by atoms with van der Waals surface area (Å²) in [7, 11) is 6.15. The van der Waals surface area contributed by atoms with Gasteiger partial charge in [0.05, 0.1) is 34.2 Å². The van der Waals surface area contributed by atoms with Crippen LogP contribution in [0.3, 0.4) is 0 Å². The molecule has 8 N–H and O–H groups in total. The van der Waals surface area contributed by atoms with Crippen molar-refractivity contribution in [3.63, 3.8) is 0 Å². The molecule has 0 unspecified atom stereocenters. The average molecular weight is 583 g/mol. The van der Waals surface area contributed by atoms with E-state index >= 15 is 0 Å².